The van der Waals surface area contributed by atoms with Gasteiger partial charge in [0.15, 0.2) is 0 Å². The molecular weight excluding hydrogens is 319 g/mol. The standard InChI is InChI=1S/C17H14F3N3O/c18-17(19,20)8-7-10-5-6-13(14(24)9-10)15-11-3-1-2-4-12(11)16(21)23-22-15/h5-6,9,24H,1-4H2,(H2,21,23). The number of nitrogens with two attached hydrogens (primary N) is 1. The lowest BCUT2D eigenvalue weighted by atomic mass is 9.89. The Hall–Kier alpha value is -2.75. The first-order chi connectivity index (χ1) is 11.3. The van der Waals surface area contributed by atoms with Crippen LogP contribution in [0.1, 0.15) is 29.5 Å². The molecule has 0 aliphatic heterocycles. The first-order valence-corrected chi connectivity index (χ1v) is 7.42. The fraction of sp³-hybridized carbons (Fsp3) is 0.294. The molecule has 0 saturated carbocycles. The number of nitrogen functional groups attached to an aromatic ring is 1. The summed E-state index contributed by atoms with van der Waals surface area (Å²) in [6, 6.07) is 4.12. The van der Waals surface area contributed by atoms with Crippen LogP contribution in [0.15, 0.2) is 18.2 Å². The molecule has 0 saturated heterocycles. The minimum absolute atomic E-state index is 0.0749. The van der Waals surface area contributed by atoms with Crippen LogP contribution in [0.3, 0.4) is 0 Å². The molecule has 24 heavy (non-hydrogen) atoms. The maximum Gasteiger partial charge on any atom is 0.458 e. The first-order valence-electron chi connectivity index (χ1n) is 7.42. The van der Waals surface area contributed by atoms with E-state index in [1.807, 2.05) is 5.92 Å². The number of anilines is 1. The minimum Gasteiger partial charge on any atom is -0.507 e. The second-order valence-corrected chi connectivity index (χ2v) is 5.58. The number of aromatic nitrogens is 2. The highest BCUT2D eigenvalue weighted by Crippen LogP contribution is 2.36. The van der Waals surface area contributed by atoms with Gasteiger partial charge in [-0.05, 0) is 49.4 Å². The van der Waals surface area contributed by atoms with Gasteiger partial charge < -0.3 is 10.8 Å². The Kier molecular flexibility index (Phi) is 4.06. The Bertz CT molecular complexity index is 851. The largest absolute Gasteiger partial charge is 0.507 e. The van der Waals surface area contributed by atoms with Crippen molar-refractivity contribution in [1.82, 2.24) is 10.2 Å². The van der Waals surface area contributed by atoms with E-state index in [4.69, 9.17) is 5.73 Å². The van der Waals surface area contributed by atoms with Crippen LogP contribution in [0, 0.1) is 11.8 Å². The van der Waals surface area contributed by atoms with E-state index in [1.54, 1.807) is 0 Å². The van der Waals surface area contributed by atoms with Crippen LogP contribution in [0.25, 0.3) is 11.3 Å². The Morgan fingerprint density at radius 1 is 1.08 bits per heavy atom. The molecule has 4 nitrogen and oxygen atoms in total. The SMILES string of the molecule is Nc1nnc(-c2ccc(C#CC(F)(F)F)cc2O)c2c1CCCC2. The molecule has 7 heteroatoms. The fourth-order valence-corrected chi connectivity index (χ4v) is 2.84. The van der Waals surface area contributed by atoms with Gasteiger partial charge in [0.1, 0.15) is 17.3 Å². The van der Waals surface area contributed by atoms with Crippen molar-refractivity contribution in [2.75, 3.05) is 5.73 Å². The Balaban J connectivity index is 2.03. The lowest BCUT2D eigenvalue weighted by Gasteiger charge is -2.19. The highest BCUT2D eigenvalue weighted by molar-refractivity contribution is 5.73. The van der Waals surface area contributed by atoms with Gasteiger partial charge in [-0.2, -0.15) is 13.2 Å². The van der Waals surface area contributed by atoms with E-state index in [0.29, 0.717) is 17.1 Å². The van der Waals surface area contributed by atoms with Gasteiger partial charge in [-0.25, -0.2) is 0 Å². The molecule has 1 aliphatic rings. The third-order valence-corrected chi connectivity index (χ3v) is 3.92. The molecule has 3 rings (SSSR count). The van der Waals surface area contributed by atoms with Crippen molar-refractivity contribution in [3.05, 3.63) is 34.9 Å². The minimum atomic E-state index is -4.57. The van der Waals surface area contributed by atoms with Gasteiger partial charge in [0.2, 0.25) is 0 Å². The lowest BCUT2D eigenvalue weighted by molar-refractivity contribution is -0.0696. The first kappa shape index (κ1) is 16.1. The van der Waals surface area contributed by atoms with E-state index in [2.05, 4.69) is 10.2 Å². The van der Waals surface area contributed by atoms with Crippen molar-refractivity contribution >= 4 is 5.82 Å². The molecule has 0 radical (unpaired) electrons. The summed E-state index contributed by atoms with van der Waals surface area (Å²) < 4.78 is 36.4. The molecule has 2 aromatic rings. The third kappa shape index (κ3) is 3.27. The van der Waals surface area contributed by atoms with E-state index in [0.717, 1.165) is 36.8 Å². The topological polar surface area (TPSA) is 72.0 Å². The average molecular weight is 333 g/mol. The number of nitrogens with zero attached hydrogens (tertiary/aromatic N) is 2. The molecule has 1 aliphatic carbocycles. The summed E-state index contributed by atoms with van der Waals surface area (Å²) in [5, 5.41) is 18.2. The monoisotopic (exact) mass is 333 g/mol. The highest BCUT2D eigenvalue weighted by atomic mass is 19.4. The summed E-state index contributed by atoms with van der Waals surface area (Å²) in [5.41, 5.74) is 8.76. The second kappa shape index (κ2) is 6.04. The number of fused-ring (bicyclic) bond motifs is 1. The molecule has 0 amide bonds. The Morgan fingerprint density at radius 2 is 1.79 bits per heavy atom. The summed E-state index contributed by atoms with van der Waals surface area (Å²) in [5.74, 6) is 3.37. The smallest absolute Gasteiger partial charge is 0.458 e. The number of rotatable bonds is 1. The molecular formula is C17H14F3N3O. The highest BCUT2D eigenvalue weighted by Gasteiger charge is 2.23. The summed E-state index contributed by atoms with van der Waals surface area (Å²) >= 11 is 0. The maximum atomic E-state index is 12.1. The molecule has 3 N–H and O–H groups in total. The van der Waals surface area contributed by atoms with Crippen LogP contribution in [0.2, 0.25) is 0 Å². The number of hydrogen-bond donors (Lipinski definition) is 2. The van der Waals surface area contributed by atoms with Crippen molar-refractivity contribution in [1.29, 1.82) is 0 Å². The van der Waals surface area contributed by atoms with Gasteiger partial charge in [-0.15, -0.1) is 10.2 Å². The van der Waals surface area contributed by atoms with Crippen LogP contribution in [0.5, 0.6) is 5.75 Å². The normalized spacial score (nSPS) is 13.8. The van der Waals surface area contributed by atoms with Gasteiger partial charge >= 0.3 is 6.18 Å². The van der Waals surface area contributed by atoms with Crippen LogP contribution in [-0.2, 0) is 12.8 Å². The number of halogens is 3. The van der Waals surface area contributed by atoms with E-state index in [-0.39, 0.29) is 11.3 Å². The summed E-state index contributed by atoms with van der Waals surface area (Å²) in [4.78, 5) is 0. The predicted molar refractivity (Wildman–Crippen MR) is 83.1 cm³/mol. The van der Waals surface area contributed by atoms with Crippen molar-refractivity contribution < 1.29 is 18.3 Å². The molecule has 0 atom stereocenters. The van der Waals surface area contributed by atoms with Crippen LogP contribution < -0.4 is 5.73 Å². The average Bonchev–Trinajstić information content (AvgIpc) is 2.54. The quantitative estimate of drug-likeness (QED) is 0.786. The summed E-state index contributed by atoms with van der Waals surface area (Å²) in [6.07, 6.45) is -0.990. The molecule has 0 fully saturated rings. The second-order valence-electron chi connectivity index (χ2n) is 5.58. The molecule has 0 unspecified atom stereocenters. The molecule has 124 valence electrons. The van der Waals surface area contributed by atoms with Gasteiger partial charge in [0.25, 0.3) is 0 Å². The van der Waals surface area contributed by atoms with Crippen molar-refractivity contribution in [3.63, 3.8) is 0 Å². The van der Waals surface area contributed by atoms with E-state index >= 15 is 0 Å². The Morgan fingerprint density at radius 3 is 2.46 bits per heavy atom. The van der Waals surface area contributed by atoms with Crippen LogP contribution in [-0.4, -0.2) is 21.5 Å². The third-order valence-electron chi connectivity index (χ3n) is 3.92. The van der Waals surface area contributed by atoms with E-state index < -0.39 is 6.18 Å². The molecule has 1 aromatic carbocycles. The maximum absolute atomic E-state index is 12.1. The van der Waals surface area contributed by atoms with Crippen LogP contribution >= 0.6 is 0 Å². The van der Waals surface area contributed by atoms with E-state index in [9.17, 15) is 18.3 Å². The van der Waals surface area contributed by atoms with Crippen molar-refractivity contribution in [2.24, 2.45) is 0 Å². The zero-order valence-corrected chi connectivity index (χ0v) is 12.6. The zero-order chi connectivity index (χ0) is 17.3. The number of alkyl halides is 3. The van der Waals surface area contributed by atoms with Gasteiger partial charge in [0, 0.05) is 22.6 Å². The van der Waals surface area contributed by atoms with Gasteiger partial charge in [-0.3, -0.25) is 0 Å². The lowest BCUT2D eigenvalue weighted by Crippen LogP contribution is -2.11. The number of hydrogen-bond acceptors (Lipinski definition) is 4. The molecule has 0 spiro atoms. The van der Waals surface area contributed by atoms with Crippen molar-refractivity contribution in [2.45, 2.75) is 31.9 Å². The fourth-order valence-electron chi connectivity index (χ4n) is 2.84. The number of phenols is 1. The van der Waals surface area contributed by atoms with Crippen LogP contribution in [0.4, 0.5) is 19.0 Å². The van der Waals surface area contributed by atoms with Gasteiger partial charge in [0.05, 0.1) is 0 Å². The van der Waals surface area contributed by atoms with Gasteiger partial charge in [-0.1, -0.05) is 5.92 Å². The number of benzene rings is 1. The molecule has 1 aromatic heterocycles. The molecule has 1 heterocycles. The predicted octanol–water partition coefficient (Wildman–Crippen LogP) is 3.22. The summed E-state index contributed by atoms with van der Waals surface area (Å²) in [7, 11) is 0. The van der Waals surface area contributed by atoms with Crippen molar-refractivity contribution in [3.8, 4) is 28.8 Å². The number of phenolic OH excluding ortho intramolecular Hbond substituents is 1. The Labute approximate surface area is 136 Å². The zero-order valence-electron chi connectivity index (χ0n) is 12.6. The van der Waals surface area contributed by atoms with E-state index in [1.165, 1.54) is 24.1 Å². The molecule has 0 bridgehead atoms. The number of aromatic hydroxyl groups is 1. The summed E-state index contributed by atoms with van der Waals surface area (Å²) in [6.45, 7) is 0.